The summed E-state index contributed by atoms with van der Waals surface area (Å²) in [5, 5.41) is 17.5. The van der Waals surface area contributed by atoms with Crippen molar-refractivity contribution in [3.8, 4) is 11.5 Å². The van der Waals surface area contributed by atoms with Gasteiger partial charge in [-0.3, -0.25) is 14.4 Å². The van der Waals surface area contributed by atoms with Crippen molar-refractivity contribution in [2.45, 2.75) is 6.92 Å². The Bertz CT molecular complexity index is 1130. The third-order valence-electron chi connectivity index (χ3n) is 4.56. The van der Waals surface area contributed by atoms with Crippen LogP contribution in [0.3, 0.4) is 0 Å². The number of rotatable bonds is 7. The van der Waals surface area contributed by atoms with E-state index in [1.807, 2.05) is 6.92 Å². The van der Waals surface area contributed by atoms with Crippen LogP contribution in [0.25, 0.3) is 0 Å². The number of nitrogens with one attached hydrogen (secondary N) is 3. The molecule has 3 amide bonds. The van der Waals surface area contributed by atoms with Gasteiger partial charge in [-0.2, -0.15) is 0 Å². The van der Waals surface area contributed by atoms with Crippen molar-refractivity contribution < 1.29 is 24.2 Å². The van der Waals surface area contributed by atoms with E-state index in [1.54, 1.807) is 48.5 Å². The first kappa shape index (κ1) is 22.4. The molecule has 3 aromatic carbocycles. The van der Waals surface area contributed by atoms with Gasteiger partial charge in [-0.05, 0) is 73.7 Å². The molecular weight excluding hydrogens is 410 g/mol. The van der Waals surface area contributed by atoms with E-state index in [0.29, 0.717) is 29.2 Å². The second kappa shape index (κ2) is 10.1. The number of hydrogen-bond donors (Lipinski definition) is 4. The summed E-state index contributed by atoms with van der Waals surface area (Å²) in [4.78, 5) is 37.0. The number of amides is 3. The number of aromatic hydroxyl groups is 1. The standard InChI is InChI=1S/C24H23N3O5/c1-3-32-19-11-6-16(7-12-19)22(29)26-17-8-4-15(5-9-17)23(30)27-21-13-10-18(28)14-20(21)24(31)25-2/h4-14,28H,3H2,1-2H3,(H,25,31)(H,26,29)(H,27,30). The van der Waals surface area contributed by atoms with Crippen molar-refractivity contribution in [3.63, 3.8) is 0 Å². The molecule has 3 aromatic rings. The molecular formula is C24H23N3O5. The lowest BCUT2D eigenvalue weighted by molar-refractivity contribution is 0.0962. The smallest absolute Gasteiger partial charge is 0.255 e. The molecule has 8 nitrogen and oxygen atoms in total. The maximum atomic E-state index is 12.6. The number of benzene rings is 3. The van der Waals surface area contributed by atoms with Crippen LogP contribution in [-0.2, 0) is 0 Å². The highest BCUT2D eigenvalue weighted by Gasteiger charge is 2.15. The molecule has 164 valence electrons. The Morgan fingerprint density at radius 1 is 0.812 bits per heavy atom. The molecule has 0 aromatic heterocycles. The predicted molar refractivity (Wildman–Crippen MR) is 121 cm³/mol. The van der Waals surface area contributed by atoms with Gasteiger partial charge in [0.2, 0.25) is 0 Å². The number of phenols is 1. The molecule has 8 heteroatoms. The van der Waals surface area contributed by atoms with Crippen LogP contribution in [0.1, 0.15) is 38.0 Å². The number of hydrogen-bond acceptors (Lipinski definition) is 5. The zero-order chi connectivity index (χ0) is 23.1. The van der Waals surface area contributed by atoms with E-state index in [4.69, 9.17) is 4.74 Å². The molecule has 3 rings (SSSR count). The van der Waals surface area contributed by atoms with Gasteiger partial charge in [-0.15, -0.1) is 0 Å². The molecule has 0 radical (unpaired) electrons. The fourth-order valence-corrected chi connectivity index (χ4v) is 2.94. The minimum Gasteiger partial charge on any atom is -0.508 e. The number of ether oxygens (including phenoxy) is 1. The van der Waals surface area contributed by atoms with Gasteiger partial charge in [0.1, 0.15) is 11.5 Å². The van der Waals surface area contributed by atoms with Gasteiger partial charge in [0.15, 0.2) is 0 Å². The molecule has 0 atom stereocenters. The number of phenolic OH excluding ortho intramolecular Hbond substituents is 1. The van der Waals surface area contributed by atoms with Crippen molar-refractivity contribution in [2.24, 2.45) is 0 Å². The summed E-state index contributed by atoms with van der Waals surface area (Å²) in [5.74, 6) is -0.569. The van der Waals surface area contributed by atoms with Crippen molar-refractivity contribution in [2.75, 3.05) is 24.3 Å². The second-order valence-electron chi connectivity index (χ2n) is 6.75. The lowest BCUT2D eigenvalue weighted by atomic mass is 10.1. The molecule has 0 aliphatic carbocycles. The van der Waals surface area contributed by atoms with Crippen molar-refractivity contribution in [1.82, 2.24) is 5.32 Å². The first-order valence-electron chi connectivity index (χ1n) is 9.92. The van der Waals surface area contributed by atoms with Gasteiger partial charge < -0.3 is 25.8 Å². The highest BCUT2D eigenvalue weighted by atomic mass is 16.5. The minimum atomic E-state index is -0.441. The quantitative estimate of drug-likeness (QED) is 0.424. The van der Waals surface area contributed by atoms with Crippen LogP contribution in [0, 0.1) is 0 Å². The number of anilines is 2. The van der Waals surface area contributed by atoms with Crippen LogP contribution in [0.15, 0.2) is 66.7 Å². The highest BCUT2D eigenvalue weighted by molar-refractivity contribution is 6.09. The van der Waals surface area contributed by atoms with E-state index < -0.39 is 11.8 Å². The minimum absolute atomic E-state index is 0.0887. The van der Waals surface area contributed by atoms with E-state index >= 15 is 0 Å². The Balaban J connectivity index is 1.67. The third-order valence-corrected chi connectivity index (χ3v) is 4.56. The van der Waals surface area contributed by atoms with Crippen molar-refractivity contribution in [3.05, 3.63) is 83.4 Å². The number of carbonyl (C=O) groups is 3. The second-order valence-corrected chi connectivity index (χ2v) is 6.75. The monoisotopic (exact) mass is 433 g/mol. The average Bonchev–Trinajstić information content (AvgIpc) is 2.80. The largest absolute Gasteiger partial charge is 0.508 e. The average molecular weight is 433 g/mol. The first-order chi connectivity index (χ1) is 15.4. The van der Waals surface area contributed by atoms with E-state index in [9.17, 15) is 19.5 Å². The SMILES string of the molecule is CCOc1ccc(C(=O)Nc2ccc(C(=O)Nc3ccc(O)cc3C(=O)NC)cc2)cc1. The summed E-state index contributed by atoms with van der Waals surface area (Å²) < 4.78 is 5.37. The topological polar surface area (TPSA) is 117 Å². The third kappa shape index (κ3) is 5.42. The highest BCUT2D eigenvalue weighted by Crippen LogP contribution is 2.22. The normalized spacial score (nSPS) is 10.2. The van der Waals surface area contributed by atoms with E-state index in [-0.39, 0.29) is 22.9 Å². The molecule has 0 bridgehead atoms. The molecule has 0 saturated carbocycles. The van der Waals surface area contributed by atoms with E-state index in [0.717, 1.165) is 0 Å². The van der Waals surface area contributed by atoms with Crippen LogP contribution in [0.4, 0.5) is 11.4 Å². The Hall–Kier alpha value is -4.33. The summed E-state index contributed by atoms with van der Waals surface area (Å²) in [6.45, 7) is 2.43. The predicted octanol–water partition coefficient (Wildman–Crippen LogP) is 3.66. The van der Waals surface area contributed by atoms with E-state index in [2.05, 4.69) is 16.0 Å². The molecule has 0 saturated heterocycles. The fourth-order valence-electron chi connectivity index (χ4n) is 2.94. The number of carbonyl (C=O) groups excluding carboxylic acids is 3. The lowest BCUT2D eigenvalue weighted by Gasteiger charge is -2.11. The molecule has 0 spiro atoms. The van der Waals surface area contributed by atoms with Crippen LogP contribution in [0.2, 0.25) is 0 Å². The molecule has 4 N–H and O–H groups in total. The molecule has 32 heavy (non-hydrogen) atoms. The lowest BCUT2D eigenvalue weighted by Crippen LogP contribution is -2.21. The summed E-state index contributed by atoms with van der Waals surface area (Å²) in [6, 6.07) is 17.2. The molecule has 0 fully saturated rings. The van der Waals surface area contributed by atoms with Crippen LogP contribution in [0.5, 0.6) is 11.5 Å². The summed E-state index contributed by atoms with van der Waals surface area (Å²) in [6.07, 6.45) is 0. The van der Waals surface area contributed by atoms with Crippen LogP contribution >= 0.6 is 0 Å². The fraction of sp³-hybridized carbons (Fsp3) is 0.125. The van der Waals surface area contributed by atoms with Crippen molar-refractivity contribution in [1.29, 1.82) is 0 Å². The van der Waals surface area contributed by atoms with Crippen LogP contribution in [-0.4, -0.2) is 36.5 Å². The van der Waals surface area contributed by atoms with Gasteiger partial charge in [-0.25, -0.2) is 0 Å². The maximum absolute atomic E-state index is 12.6. The van der Waals surface area contributed by atoms with Gasteiger partial charge in [-0.1, -0.05) is 0 Å². The summed E-state index contributed by atoms with van der Waals surface area (Å²) in [7, 11) is 1.46. The Morgan fingerprint density at radius 2 is 1.41 bits per heavy atom. The Kier molecular flexibility index (Phi) is 7.07. The molecule has 0 heterocycles. The van der Waals surface area contributed by atoms with Gasteiger partial charge in [0.25, 0.3) is 17.7 Å². The molecule has 0 aliphatic rings. The van der Waals surface area contributed by atoms with Gasteiger partial charge in [0, 0.05) is 23.9 Å². The Labute approximate surface area is 185 Å². The van der Waals surface area contributed by atoms with Crippen molar-refractivity contribution >= 4 is 29.1 Å². The Morgan fingerprint density at radius 3 is 2.00 bits per heavy atom. The van der Waals surface area contributed by atoms with Gasteiger partial charge >= 0.3 is 0 Å². The zero-order valence-corrected chi connectivity index (χ0v) is 17.6. The summed E-state index contributed by atoms with van der Waals surface area (Å²) in [5.41, 5.74) is 1.74. The van der Waals surface area contributed by atoms with Gasteiger partial charge in [0.05, 0.1) is 17.9 Å². The van der Waals surface area contributed by atoms with Crippen LogP contribution < -0.4 is 20.7 Å². The van der Waals surface area contributed by atoms with E-state index in [1.165, 1.54) is 25.2 Å². The molecule has 0 unspecified atom stereocenters. The molecule has 0 aliphatic heterocycles. The first-order valence-corrected chi connectivity index (χ1v) is 9.92. The summed E-state index contributed by atoms with van der Waals surface area (Å²) >= 11 is 0. The maximum Gasteiger partial charge on any atom is 0.255 e. The zero-order valence-electron chi connectivity index (χ0n) is 17.6.